The van der Waals surface area contributed by atoms with E-state index in [2.05, 4.69) is 17.0 Å². The number of aliphatic hydroxyl groups is 1. The number of likely N-dealkylation sites (tertiary alicyclic amines) is 1. The van der Waals surface area contributed by atoms with Gasteiger partial charge in [-0.2, -0.15) is 0 Å². The second-order valence-corrected chi connectivity index (χ2v) is 8.29. The van der Waals surface area contributed by atoms with Crippen LogP contribution < -0.4 is 14.2 Å². The average molecular weight is 398 g/mol. The number of hydrogen-bond acceptors (Lipinski definition) is 5. The Morgan fingerprint density at radius 1 is 0.862 bits per heavy atom. The van der Waals surface area contributed by atoms with Gasteiger partial charge in [0.25, 0.3) is 0 Å². The molecule has 0 radical (unpaired) electrons. The smallest absolute Gasteiger partial charge is 0.122 e. The van der Waals surface area contributed by atoms with Gasteiger partial charge in [0.2, 0.25) is 0 Å². The van der Waals surface area contributed by atoms with Crippen LogP contribution in [0.2, 0.25) is 0 Å². The predicted octanol–water partition coefficient (Wildman–Crippen LogP) is 3.83. The van der Waals surface area contributed by atoms with E-state index in [1.807, 2.05) is 30.3 Å². The summed E-state index contributed by atoms with van der Waals surface area (Å²) in [5.74, 6) is 2.91. The van der Waals surface area contributed by atoms with Crippen LogP contribution in [0.3, 0.4) is 0 Å². The first-order valence-corrected chi connectivity index (χ1v) is 10.4. The largest absolute Gasteiger partial charge is 0.497 e. The summed E-state index contributed by atoms with van der Waals surface area (Å²) < 4.78 is 16.1. The number of nitrogens with zero attached hydrogens (tertiary/aromatic N) is 1. The summed E-state index contributed by atoms with van der Waals surface area (Å²) in [7, 11) is 5.03. The van der Waals surface area contributed by atoms with Crippen LogP contribution in [0.25, 0.3) is 0 Å². The molecule has 3 atom stereocenters. The van der Waals surface area contributed by atoms with Crippen LogP contribution in [-0.4, -0.2) is 44.4 Å². The zero-order chi connectivity index (χ0) is 20.4. The molecule has 1 saturated heterocycles. The summed E-state index contributed by atoms with van der Waals surface area (Å²) in [5, 5.41) is 11.8. The molecule has 1 aliphatic heterocycles. The van der Waals surface area contributed by atoms with E-state index in [0.717, 1.165) is 55.3 Å². The van der Waals surface area contributed by atoms with E-state index in [9.17, 15) is 5.11 Å². The minimum Gasteiger partial charge on any atom is -0.497 e. The number of ether oxygens (including phenoxy) is 3. The molecule has 2 bridgehead atoms. The number of fused-ring (bicyclic) bond motifs is 2. The van der Waals surface area contributed by atoms with E-state index < -0.39 is 5.60 Å². The van der Waals surface area contributed by atoms with Crippen molar-refractivity contribution in [1.82, 2.24) is 4.90 Å². The van der Waals surface area contributed by atoms with Crippen molar-refractivity contribution in [2.24, 2.45) is 11.8 Å². The van der Waals surface area contributed by atoms with E-state index in [4.69, 9.17) is 14.2 Å². The van der Waals surface area contributed by atoms with Crippen LogP contribution >= 0.6 is 0 Å². The van der Waals surface area contributed by atoms with Crippen molar-refractivity contribution in [1.29, 1.82) is 0 Å². The Bertz CT molecular complexity index is 799. The zero-order valence-corrected chi connectivity index (χ0v) is 17.6. The maximum atomic E-state index is 11.8. The Balaban J connectivity index is 1.55. The van der Waals surface area contributed by atoms with Gasteiger partial charge in [-0.15, -0.1) is 0 Å². The highest BCUT2D eigenvalue weighted by Gasteiger charge is 2.51. The van der Waals surface area contributed by atoms with Gasteiger partial charge >= 0.3 is 0 Å². The molecule has 156 valence electrons. The number of rotatable bonds is 6. The molecule has 0 spiro atoms. The molecule has 1 heterocycles. The summed E-state index contributed by atoms with van der Waals surface area (Å²) in [6, 6.07) is 14.0. The zero-order valence-electron chi connectivity index (χ0n) is 17.6. The lowest BCUT2D eigenvalue weighted by Gasteiger charge is -2.53. The third-order valence-corrected chi connectivity index (χ3v) is 6.68. The number of piperidine rings is 1. The van der Waals surface area contributed by atoms with Crippen molar-refractivity contribution in [2.75, 3.05) is 34.4 Å². The van der Waals surface area contributed by atoms with Gasteiger partial charge in [-0.1, -0.05) is 18.6 Å². The Kier molecular flexibility index (Phi) is 5.70. The van der Waals surface area contributed by atoms with Crippen molar-refractivity contribution < 1.29 is 19.3 Å². The molecule has 0 amide bonds. The van der Waals surface area contributed by atoms with Crippen molar-refractivity contribution in [2.45, 2.75) is 31.4 Å². The lowest BCUT2D eigenvalue weighted by molar-refractivity contribution is -0.148. The molecule has 0 aromatic heterocycles. The lowest BCUT2D eigenvalue weighted by Crippen LogP contribution is -2.57. The number of methoxy groups -OCH3 is 3. The third-order valence-electron chi connectivity index (χ3n) is 6.68. The molecule has 2 aliphatic rings. The minimum atomic E-state index is -0.757. The molecule has 2 aromatic carbocycles. The van der Waals surface area contributed by atoms with Gasteiger partial charge in [0.15, 0.2) is 0 Å². The van der Waals surface area contributed by atoms with Crippen LogP contribution in [0.5, 0.6) is 17.2 Å². The minimum absolute atomic E-state index is 0.232. The van der Waals surface area contributed by atoms with Gasteiger partial charge in [-0.25, -0.2) is 0 Å². The van der Waals surface area contributed by atoms with Gasteiger partial charge < -0.3 is 19.3 Å². The highest BCUT2D eigenvalue weighted by Crippen LogP contribution is 2.49. The monoisotopic (exact) mass is 397 g/mol. The van der Waals surface area contributed by atoms with Crippen molar-refractivity contribution >= 4 is 0 Å². The molecule has 1 N–H and O–H groups in total. The molecule has 1 saturated carbocycles. The SMILES string of the molecule is COc1ccc(C2(O)[C@@H]3CCC[C@H]2CN(Cc2cc(OC)cc(OC)c2)C3)cc1. The highest BCUT2D eigenvalue weighted by atomic mass is 16.5. The molecule has 2 aromatic rings. The maximum Gasteiger partial charge on any atom is 0.122 e. The molecular weight excluding hydrogens is 366 g/mol. The number of benzene rings is 2. The van der Waals surface area contributed by atoms with Crippen LogP contribution in [-0.2, 0) is 12.1 Å². The Morgan fingerprint density at radius 3 is 1.93 bits per heavy atom. The standard InChI is InChI=1S/C24H31NO4/c1-27-21-9-7-18(8-10-21)24(26)19-5-4-6-20(24)16-25(15-19)14-17-11-22(28-2)13-23(12-17)29-3/h7-13,19-20,26H,4-6,14-16H2,1-3H3/t19-,20+,24?. The summed E-state index contributed by atoms with van der Waals surface area (Å²) in [4.78, 5) is 2.47. The topological polar surface area (TPSA) is 51.2 Å². The first-order valence-electron chi connectivity index (χ1n) is 10.4. The van der Waals surface area contributed by atoms with Crippen molar-refractivity contribution in [3.05, 3.63) is 53.6 Å². The first kappa shape index (κ1) is 20.0. The molecule has 5 nitrogen and oxygen atoms in total. The van der Waals surface area contributed by atoms with Gasteiger partial charge in [0.1, 0.15) is 17.2 Å². The molecular formula is C24H31NO4. The highest BCUT2D eigenvalue weighted by molar-refractivity contribution is 5.38. The van der Waals surface area contributed by atoms with E-state index in [0.29, 0.717) is 0 Å². The van der Waals surface area contributed by atoms with Gasteiger partial charge in [0.05, 0.1) is 26.9 Å². The first-order chi connectivity index (χ1) is 14.1. The Morgan fingerprint density at radius 2 is 1.41 bits per heavy atom. The molecule has 2 fully saturated rings. The quantitative estimate of drug-likeness (QED) is 0.803. The van der Waals surface area contributed by atoms with E-state index >= 15 is 0 Å². The maximum absolute atomic E-state index is 11.8. The van der Waals surface area contributed by atoms with Crippen LogP contribution in [0.1, 0.15) is 30.4 Å². The molecule has 1 aliphatic carbocycles. The molecule has 29 heavy (non-hydrogen) atoms. The van der Waals surface area contributed by atoms with E-state index in [-0.39, 0.29) is 11.8 Å². The molecule has 1 unspecified atom stereocenters. The van der Waals surface area contributed by atoms with Crippen molar-refractivity contribution in [3.8, 4) is 17.2 Å². The Hall–Kier alpha value is -2.24. The van der Waals surface area contributed by atoms with E-state index in [1.54, 1.807) is 21.3 Å². The van der Waals surface area contributed by atoms with E-state index in [1.165, 1.54) is 12.0 Å². The summed E-state index contributed by atoms with van der Waals surface area (Å²) >= 11 is 0. The van der Waals surface area contributed by atoms with Crippen LogP contribution in [0.4, 0.5) is 0 Å². The summed E-state index contributed by atoms with van der Waals surface area (Å²) in [5.41, 5.74) is 1.44. The second kappa shape index (κ2) is 8.25. The van der Waals surface area contributed by atoms with Crippen molar-refractivity contribution in [3.63, 3.8) is 0 Å². The number of hydrogen-bond donors (Lipinski definition) is 1. The third kappa shape index (κ3) is 3.81. The summed E-state index contributed by atoms with van der Waals surface area (Å²) in [6.45, 7) is 2.61. The van der Waals surface area contributed by atoms with Crippen LogP contribution in [0.15, 0.2) is 42.5 Å². The van der Waals surface area contributed by atoms with Gasteiger partial charge in [-0.3, -0.25) is 4.90 Å². The average Bonchev–Trinajstić information content (AvgIpc) is 2.74. The second-order valence-electron chi connectivity index (χ2n) is 8.29. The van der Waals surface area contributed by atoms with Gasteiger partial charge in [-0.05, 0) is 48.2 Å². The lowest BCUT2D eigenvalue weighted by atomic mass is 9.62. The predicted molar refractivity (Wildman–Crippen MR) is 113 cm³/mol. The fraction of sp³-hybridized carbons (Fsp3) is 0.500. The van der Waals surface area contributed by atoms with Gasteiger partial charge in [0, 0.05) is 37.5 Å². The normalized spacial score (nSPS) is 26.8. The fourth-order valence-electron chi connectivity index (χ4n) is 5.22. The molecule has 5 heteroatoms. The molecule has 4 rings (SSSR count). The summed E-state index contributed by atoms with van der Waals surface area (Å²) in [6.07, 6.45) is 3.29. The Labute approximate surface area is 173 Å². The fourth-order valence-corrected chi connectivity index (χ4v) is 5.22. The van der Waals surface area contributed by atoms with Crippen LogP contribution in [0, 0.1) is 11.8 Å².